The van der Waals surface area contributed by atoms with Crippen LogP contribution in [-0.2, 0) is 4.79 Å². The van der Waals surface area contributed by atoms with Crippen molar-refractivity contribution in [2.45, 2.75) is 6.92 Å². The summed E-state index contributed by atoms with van der Waals surface area (Å²) in [6.07, 6.45) is 1.21. The molecule has 2 amide bonds. The minimum atomic E-state index is -0.619. The molecule has 0 spiro atoms. The Morgan fingerprint density at radius 1 is 1.32 bits per heavy atom. The third-order valence-electron chi connectivity index (χ3n) is 2.18. The zero-order valence-electron chi connectivity index (χ0n) is 9.90. The molecule has 2 rings (SSSR count). The number of rotatable bonds is 3. The van der Waals surface area contributed by atoms with Crippen molar-refractivity contribution < 1.29 is 14.0 Å². The Bertz CT molecular complexity index is 612. The summed E-state index contributed by atoms with van der Waals surface area (Å²) in [4.78, 5) is 22.6. The van der Waals surface area contributed by atoms with E-state index in [0.717, 1.165) is 6.07 Å². The molecule has 0 atom stereocenters. The van der Waals surface area contributed by atoms with E-state index in [1.54, 1.807) is 0 Å². The maximum atomic E-state index is 13.5. The second-order valence-corrected chi connectivity index (χ2v) is 3.69. The molecule has 1 heterocycles. The summed E-state index contributed by atoms with van der Waals surface area (Å²) in [5.41, 5.74) is 0.355. The summed E-state index contributed by atoms with van der Waals surface area (Å²) in [6.45, 7) is 1.33. The number of hydrogen-bond donors (Lipinski definition) is 3. The lowest BCUT2D eigenvalue weighted by Gasteiger charge is -2.07. The number of carbonyl (C=O) groups is 2. The van der Waals surface area contributed by atoms with Gasteiger partial charge in [0, 0.05) is 12.6 Å². The van der Waals surface area contributed by atoms with Gasteiger partial charge < -0.3 is 10.6 Å². The van der Waals surface area contributed by atoms with Crippen LogP contribution in [0.15, 0.2) is 24.4 Å². The second kappa shape index (κ2) is 5.25. The largest absolute Gasteiger partial charge is 0.326 e. The number of halogens is 1. The quantitative estimate of drug-likeness (QED) is 0.773. The van der Waals surface area contributed by atoms with Crippen LogP contribution in [0.2, 0.25) is 0 Å². The zero-order chi connectivity index (χ0) is 13.8. The standard InChI is InChI=1S/C11H10FN5O2/c1-6(18)14-7-2-3-8(12)9(4-7)15-11(19)10-5-13-17-16-10/h2-5H,1H3,(H,14,18)(H,15,19)(H,13,16,17). The number of benzene rings is 1. The zero-order valence-corrected chi connectivity index (χ0v) is 9.90. The number of nitrogens with one attached hydrogen (secondary N) is 3. The predicted molar refractivity (Wildman–Crippen MR) is 65.0 cm³/mol. The molecule has 19 heavy (non-hydrogen) atoms. The first-order valence-electron chi connectivity index (χ1n) is 5.30. The first-order valence-corrected chi connectivity index (χ1v) is 5.30. The first kappa shape index (κ1) is 12.7. The molecule has 0 saturated carbocycles. The molecule has 1 aromatic heterocycles. The summed E-state index contributed by atoms with van der Waals surface area (Å²) in [5, 5.41) is 14.2. The van der Waals surface area contributed by atoms with E-state index < -0.39 is 11.7 Å². The average molecular weight is 263 g/mol. The average Bonchev–Trinajstić information content (AvgIpc) is 2.86. The van der Waals surface area contributed by atoms with Crippen LogP contribution in [0.3, 0.4) is 0 Å². The van der Waals surface area contributed by atoms with Crippen LogP contribution >= 0.6 is 0 Å². The Kier molecular flexibility index (Phi) is 3.51. The molecule has 0 aliphatic heterocycles. The van der Waals surface area contributed by atoms with E-state index in [1.807, 2.05) is 0 Å². The van der Waals surface area contributed by atoms with Crippen molar-refractivity contribution in [1.29, 1.82) is 0 Å². The van der Waals surface area contributed by atoms with Gasteiger partial charge in [-0.15, -0.1) is 0 Å². The fourth-order valence-electron chi connectivity index (χ4n) is 1.40. The monoisotopic (exact) mass is 263 g/mol. The number of aromatic amines is 1. The van der Waals surface area contributed by atoms with Gasteiger partial charge in [-0.3, -0.25) is 9.59 Å². The first-order chi connectivity index (χ1) is 9.06. The smallest absolute Gasteiger partial charge is 0.277 e. The van der Waals surface area contributed by atoms with Gasteiger partial charge in [0.05, 0.1) is 11.9 Å². The van der Waals surface area contributed by atoms with Crippen molar-refractivity contribution in [2.24, 2.45) is 0 Å². The minimum Gasteiger partial charge on any atom is -0.326 e. The van der Waals surface area contributed by atoms with Crippen molar-refractivity contribution in [1.82, 2.24) is 15.4 Å². The van der Waals surface area contributed by atoms with Gasteiger partial charge in [0.2, 0.25) is 5.91 Å². The fourth-order valence-corrected chi connectivity index (χ4v) is 1.40. The van der Waals surface area contributed by atoms with Crippen LogP contribution in [0.1, 0.15) is 17.4 Å². The summed E-state index contributed by atoms with van der Waals surface area (Å²) in [5.74, 6) is -1.51. The van der Waals surface area contributed by atoms with Gasteiger partial charge in [-0.25, -0.2) is 4.39 Å². The van der Waals surface area contributed by atoms with Crippen molar-refractivity contribution in [3.05, 3.63) is 35.9 Å². The van der Waals surface area contributed by atoms with Gasteiger partial charge in [0.25, 0.3) is 5.91 Å². The Hall–Kier alpha value is -2.77. The fraction of sp³-hybridized carbons (Fsp3) is 0.0909. The molecule has 0 aliphatic carbocycles. The highest BCUT2D eigenvalue weighted by Crippen LogP contribution is 2.20. The Labute approximate surface area is 107 Å². The SMILES string of the molecule is CC(=O)Nc1ccc(F)c(NC(=O)c2cn[nH]n2)c1. The molecule has 8 heteroatoms. The van der Waals surface area contributed by atoms with Crippen LogP contribution < -0.4 is 10.6 Å². The van der Waals surface area contributed by atoms with E-state index in [9.17, 15) is 14.0 Å². The predicted octanol–water partition coefficient (Wildman–Crippen LogP) is 1.15. The van der Waals surface area contributed by atoms with Crippen molar-refractivity contribution in [3.63, 3.8) is 0 Å². The van der Waals surface area contributed by atoms with E-state index in [1.165, 1.54) is 25.3 Å². The van der Waals surface area contributed by atoms with Crippen LogP contribution in [0.4, 0.5) is 15.8 Å². The highest BCUT2D eigenvalue weighted by atomic mass is 19.1. The maximum Gasteiger partial charge on any atom is 0.277 e. The van der Waals surface area contributed by atoms with Crippen LogP contribution in [0, 0.1) is 5.82 Å². The van der Waals surface area contributed by atoms with E-state index in [4.69, 9.17) is 0 Å². The lowest BCUT2D eigenvalue weighted by molar-refractivity contribution is -0.114. The topological polar surface area (TPSA) is 99.8 Å². The van der Waals surface area contributed by atoms with Gasteiger partial charge >= 0.3 is 0 Å². The molecule has 0 bridgehead atoms. The minimum absolute atomic E-state index is 0.0318. The Balaban J connectivity index is 2.19. The number of nitrogens with zero attached hydrogens (tertiary/aromatic N) is 2. The molecular weight excluding hydrogens is 253 g/mol. The van der Waals surface area contributed by atoms with E-state index >= 15 is 0 Å². The lowest BCUT2D eigenvalue weighted by atomic mass is 10.2. The summed E-state index contributed by atoms with van der Waals surface area (Å²) in [7, 11) is 0. The molecule has 0 aliphatic rings. The normalized spacial score (nSPS) is 10.0. The van der Waals surface area contributed by atoms with Crippen molar-refractivity contribution >= 4 is 23.2 Å². The summed E-state index contributed by atoms with van der Waals surface area (Å²) in [6, 6.07) is 3.85. The van der Waals surface area contributed by atoms with Gasteiger partial charge in [0.15, 0.2) is 5.69 Å². The number of hydrogen-bond acceptors (Lipinski definition) is 4. The van der Waals surface area contributed by atoms with Crippen molar-refractivity contribution in [3.8, 4) is 0 Å². The van der Waals surface area contributed by atoms with E-state index in [-0.39, 0.29) is 17.3 Å². The molecule has 2 aromatic rings. The molecule has 7 nitrogen and oxygen atoms in total. The Morgan fingerprint density at radius 2 is 2.11 bits per heavy atom. The number of aromatic nitrogens is 3. The number of anilines is 2. The molecule has 0 radical (unpaired) electrons. The summed E-state index contributed by atoms with van der Waals surface area (Å²) >= 11 is 0. The second-order valence-electron chi connectivity index (χ2n) is 3.69. The molecule has 3 N–H and O–H groups in total. The van der Waals surface area contributed by atoms with Crippen LogP contribution in [0.25, 0.3) is 0 Å². The van der Waals surface area contributed by atoms with Crippen LogP contribution in [0.5, 0.6) is 0 Å². The van der Waals surface area contributed by atoms with Crippen molar-refractivity contribution in [2.75, 3.05) is 10.6 Å². The highest BCUT2D eigenvalue weighted by molar-refractivity contribution is 6.03. The number of H-pyrrole nitrogens is 1. The molecule has 0 fully saturated rings. The van der Waals surface area contributed by atoms with Gasteiger partial charge in [0.1, 0.15) is 5.82 Å². The lowest BCUT2D eigenvalue weighted by Crippen LogP contribution is -2.14. The summed E-state index contributed by atoms with van der Waals surface area (Å²) < 4.78 is 13.5. The molecule has 98 valence electrons. The Morgan fingerprint density at radius 3 is 2.74 bits per heavy atom. The maximum absolute atomic E-state index is 13.5. The molecule has 0 saturated heterocycles. The van der Waals surface area contributed by atoms with Gasteiger partial charge in [-0.2, -0.15) is 15.4 Å². The highest BCUT2D eigenvalue weighted by Gasteiger charge is 2.12. The van der Waals surface area contributed by atoms with Gasteiger partial charge in [-0.1, -0.05) is 0 Å². The molecule has 0 unspecified atom stereocenters. The van der Waals surface area contributed by atoms with E-state index in [2.05, 4.69) is 26.0 Å². The molecule has 1 aromatic carbocycles. The number of amides is 2. The molecular formula is C11H10FN5O2. The van der Waals surface area contributed by atoms with E-state index in [0.29, 0.717) is 5.69 Å². The van der Waals surface area contributed by atoms with Crippen LogP contribution in [-0.4, -0.2) is 27.2 Å². The van der Waals surface area contributed by atoms with Gasteiger partial charge in [-0.05, 0) is 18.2 Å². The number of carbonyl (C=O) groups excluding carboxylic acids is 2. The third-order valence-corrected chi connectivity index (χ3v) is 2.18. The third kappa shape index (κ3) is 3.12.